The van der Waals surface area contributed by atoms with Crippen molar-refractivity contribution in [2.45, 2.75) is 52.7 Å². The van der Waals surface area contributed by atoms with Gasteiger partial charge in [-0.3, -0.25) is 4.90 Å². The molecule has 0 unspecified atom stereocenters. The first-order valence-corrected chi connectivity index (χ1v) is 12.8. The van der Waals surface area contributed by atoms with E-state index in [9.17, 15) is 9.59 Å². The SMILES string of the molecule is CC(C)(C)OC(=O)N1CCN(CC#Cc2cccc(Cl)c2)CC1.CC(C)(C)OC(=O)N1CCNCC1. The number of benzene rings is 1. The van der Waals surface area contributed by atoms with E-state index < -0.39 is 5.60 Å². The van der Waals surface area contributed by atoms with Gasteiger partial charge in [-0.1, -0.05) is 29.5 Å². The van der Waals surface area contributed by atoms with Gasteiger partial charge in [0, 0.05) is 62.9 Å². The molecule has 8 nitrogen and oxygen atoms in total. The third-order valence-corrected chi connectivity index (χ3v) is 5.39. The first kappa shape index (κ1) is 29.8. The highest BCUT2D eigenvalue weighted by atomic mass is 35.5. The van der Waals surface area contributed by atoms with Gasteiger partial charge in [-0.2, -0.15) is 0 Å². The number of nitrogens with one attached hydrogen (secondary N) is 1. The maximum Gasteiger partial charge on any atom is 0.410 e. The summed E-state index contributed by atoms with van der Waals surface area (Å²) in [6.45, 7) is 18.2. The second-order valence-corrected chi connectivity index (χ2v) is 11.2. The van der Waals surface area contributed by atoms with Crippen LogP contribution in [0.25, 0.3) is 0 Å². The lowest BCUT2D eigenvalue weighted by Gasteiger charge is -2.34. The van der Waals surface area contributed by atoms with E-state index in [0.717, 1.165) is 44.8 Å². The maximum atomic E-state index is 12.0. The molecule has 0 bridgehead atoms. The number of hydrogen-bond donors (Lipinski definition) is 1. The van der Waals surface area contributed by atoms with Gasteiger partial charge in [0.05, 0.1) is 6.54 Å². The molecule has 3 rings (SSSR count). The average Bonchev–Trinajstić information content (AvgIpc) is 2.78. The zero-order chi connectivity index (χ0) is 26.8. The Balaban J connectivity index is 0.000000297. The minimum absolute atomic E-state index is 0.200. The van der Waals surface area contributed by atoms with E-state index >= 15 is 0 Å². The third kappa shape index (κ3) is 12.0. The highest BCUT2D eigenvalue weighted by molar-refractivity contribution is 6.30. The van der Waals surface area contributed by atoms with Gasteiger partial charge in [0.2, 0.25) is 0 Å². The fourth-order valence-electron chi connectivity index (χ4n) is 3.41. The molecule has 1 aromatic rings. The molecule has 0 atom stereocenters. The van der Waals surface area contributed by atoms with Crippen LogP contribution in [0.15, 0.2) is 24.3 Å². The van der Waals surface area contributed by atoms with Gasteiger partial charge in [0.1, 0.15) is 11.2 Å². The van der Waals surface area contributed by atoms with Gasteiger partial charge in [0.15, 0.2) is 0 Å². The highest BCUT2D eigenvalue weighted by Crippen LogP contribution is 2.12. The summed E-state index contributed by atoms with van der Waals surface area (Å²) in [4.78, 5) is 29.2. The third-order valence-electron chi connectivity index (χ3n) is 5.15. The lowest BCUT2D eigenvalue weighted by atomic mass is 10.2. The van der Waals surface area contributed by atoms with Crippen LogP contribution in [0, 0.1) is 11.8 Å². The number of carbonyl (C=O) groups excluding carboxylic acids is 2. The molecule has 0 radical (unpaired) electrons. The van der Waals surface area contributed by atoms with Crippen molar-refractivity contribution >= 4 is 23.8 Å². The Bertz CT molecular complexity index is 916. The lowest BCUT2D eigenvalue weighted by molar-refractivity contribution is 0.0154. The molecule has 36 heavy (non-hydrogen) atoms. The largest absolute Gasteiger partial charge is 0.444 e. The lowest BCUT2D eigenvalue weighted by Crippen LogP contribution is -2.50. The van der Waals surface area contributed by atoms with Crippen LogP contribution >= 0.6 is 11.6 Å². The Morgan fingerprint density at radius 2 is 1.42 bits per heavy atom. The van der Waals surface area contributed by atoms with Crippen molar-refractivity contribution in [2.24, 2.45) is 0 Å². The molecule has 2 aliphatic heterocycles. The molecule has 0 spiro atoms. The molecule has 0 saturated carbocycles. The predicted molar refractivity (Wildman–Crippen MR) is 143 cm³/mol. The number of halogens is 1. The van der Waals surface area contributed by atoms with E-state index in [1.54, 1.807) is 9.80 Å². The van der Waals surface area contributed by atoms with Gasteiger partial charge >= 0.3 is 12.2 Å². The molecule has 0 aliphatic carbocycles. The molecule has 1 aromatic carbocycles. The topological polar surface area (TPSA) is 74.4 Å². The zero-order valence-electron chi connectivity index (χ0n) is 22.5. The van der Waals surface area contributed by atoms with Crippen molar-refractivity contribution in [1.82, 2.24) is 20.0 Å². The number of rotatable bonds is 1. The van der Waals surface area contributed by atoms with E-state index in [0.29, 0.717) is 24.7 Å². The molecule has 9 heteroatoms. The van der Waals surface area contributed by atoms with Crippen LogP contribution in [0.4, 0.5) is 9.59 Å². The summed E-state index contributed by atoms with van der Waals surface area (Å²) in [5.74, 6) is 6.28. The zero-order valence-corrected chi connectivity index (χ0v) is 23.3. The predicted octanol–water partition coefficient (Wildman–Crippen LogP) is 4.07. The maximum absolute atomic E-state index is 12.0. The van der Waals surface area contributed by atoms with Crippen molar-refractivity contribution in [1.29, 1.82) is 0 Å². The fraction of sp³-hybridized carbons (Fsp3) is 0.630. The summed E-state index contributed by atoms with van der Waals surface area (Å²) in [7, 11) is 0. The summed E-state index contributed by atoms with van der Waals surface area (Å²) >= 11 is 5.94. The Labute approximate surface area is 221 Å². The minimum atomic E-state index is -0.448. The number of piperazine rings is 2. The molecule has 200 valence electrons. The highest BCUT2D eigenvalue weighted by Gasteiger charge is 2.25. The van der Waals surface area contributed by atoms with Gasteiger partial charge in [-0.25, -0.2) is 9.59 Å². The quantitative estimate of drug-likeness (QED) is 0.563. The van der Waals surface area contributed by atoms with Crippen LogP contribution < -0.4 is 5.32 Å². The van der Waals surface area contributed by atoms with Gasteiger partial charge in [0.25, 0.3) is 0 Å². The van der Waals surface area contributed by atoms with E-state index in [4.69, 9.17) is 21.1 Å². The standard InChI is InChI=1S/C18H23ClN2O2.C9H18N2O2/c1-18(2,3)23-17(22)21-12-10-20(11-13-21)9-5-7-15-6-4-8-16(19)14-15;1-9(2,3)13-8(12)11-6-4-10-5-7-11/h4,6,8,14H,9-13H2,1-3H3;10H,4-7H2,1-3H3. The molecule has 2 saturated heterocycles. The van der Waals surface area contributed by atoms with Crippen LogP contribution in [0.1, 0.15) is 47.1 Å². The molecular weight excluding hydrogens is 480 g/mol. The summed E-state index contributed by atoms with van der Waals surface area (Å²) in [5, 5.41) is 3.88. The Morgan fingerprint density at radius 1 is 0.889 bits per heavy atom. The van der Waals surface area contributed by atoms with Crippen molar-refractivity contribution < 1.29 is 19.1 Å². The number of hydrogen-bond acceptors (Lipinski definition) is 6. The van der Waals surface area contributed by atoms with Gasteiger partial charge in [-0.05, 0) is 59.7 Å². The van der Waals surface area contributed by atoms with Crippen molar-refractivity contribution in [3.05, 3.63) is 34.9 Å². The van der Waals surface area contributed by atoms with Crippen LogP contribution in [0.5, 0.6) is 0 Å². The average molecular weight is 521 g/mol. The van der Waals surface area contributed by atoms with Gasteiger partial charge in [-0.15, -0.1) is 0 Å². The minimum Gasteiger partial charge on any atom is -0.444 e. The Morgan fingerprint density at radius 3 is 1.92 bits per heavy atom. The van der Waals surface area contributed by atoms with Crippen LogP contribution in [-0.2, 0) is 9.47 Å². The smallest absolute Gasteiger partial charge is 0.410 e. The van der Waals surface area contributed by atoms with Crippen LogP contribution in [-0.4, -0.2) is 97.0 Å². The Kier molecular flexibility index (Phi) is 11.4. The van der Waals surface area contributed by atoms with Gasteiger partial charge < -0.3 is 24.6 Å². The summed E-state index contributed by atoms with van der Waals surface area (Å²) < 4.78 is 10.6. The summed E-state index contributed by atoms with van der Waals surface area (Å²) in [6, 6.07) is 7.53. The normalized spacial score (nSPS) is 16.8. The van der Waals surface area contributed by atoms with E-state index in [-0.39, 0.29) is 17.8 Å². The summed E-state index contributed by atoms with van der Waals surface area (Å²) in [6.07, 6.45) is -0.434. The number of carbonyl (C=O) groups is 2. The van der Waals surface area contributed by atoms with E-state index in [2.05, 4.69) is 22.1 Å². The van der Waals surface area contributed by atoms with Crippen LogP contribution in [0.2, 0.25) is 5.02 Å². The molecular formula is C27H41ClN4O4. The second-order valence-electron chi connectivity index (χ2n) is 10.8. The van der Waals surface area contributed by atoms with E-state index in [1.807, 2.05) is 65.8 Å². The van der Waals surface area contributed by atoms with Crippen molar-refractivity contribution in [3.8, 4) is 11.8 Å². The van der Waals surface area contributed by atoms with Crippen LogP contribution in [0.3, 0.4) is 0 Å². The number of amides is 2. The molecule has 1 N–H and O–H groups in total. The first-order chi connectivity index (χ1) is 16.8. The Hall–Kier alpha value is -2.47. The first-order valence-electron chi connectivity index (χ1n) is 12.5. The number of ether oxygens (including phenoxy) is 2. The molecule has 2 amide bonds. The monoisotopic (exact) mass is 520 g/mol. The fourth-order valence-corrected chi connectivity index (χ4v) is 3.60. The second kappa shape index (κ2) is 13.7. The molecule has 0 aromatic heterocycles. The molecule has 2 heterocycles. The van der Waals surface area contributed by atoms with Crippen molar-refractivity contribution in [2.75, 3.05) is 58.9 Å². The number of nitrogens with zero attached hydrogens (tertiary/aromatic N) is 3. The van der Waals surface area contributed by atoms with E-state index in [1.165, 1.54) is 0 Å². The summed E-state index contributed by atoms with van der Waals surface area (Å²) in [5.41, 5.74) is 0.0865. The van der Waals surface area contributed by atoms with Crippen molar-refractivity contribution in [3.63, 3.8) is 0 Å². The molecule has 2 aliphatic rings. The molecule has 2 fully saturated rings.